The van der Waals surface area contributed by atoms with E-state index < -0.39 is 0 Å². The Bertz CT molecular complexity index is 418. The van der Waals surface area contributed by atoms with Gasteiger partial charge in [-0.25, -0.2) is 0 Å². The van der Waals surface area contributed by atoms with Gasteiger partial charge in [0.1, 0.15) is 0 Å². The largest absolute Gasteiger partial charge is 0.376 e. The fraction of sp³-hybridized carbons (Fsp3) is 0.562. The van der Waals surface area contributed by atoms with Crippen LogP contribution in [0.4, 0.5) is 0 Å². The van der Waals surface area contributed by atoms with Crippen molar-refractivity contribution in [2.75, 3.05) is 6.61 Å². The average Bonchev–Trinajstić information content (AvgIpc) is 2.36. The van der Waals surface area contributed by atoms with Crippen LogP contribution in [0.2, 0.25) is 0 Å². The highest BCUT2D eigenvalue weighted by molar-refractivity contribution is 5.22. The molecule has 1 aliphatic heterocycles. The maximum absolute atomic E-state index is 9.08. The van der Waals surface area contributed by atoms with Crippen molar-refractivity contribution in [3.63, 3.8) is 0 Å². The van der Waals surface area contributed by atoms with Crippen LogP contribution in [-0.4, -0.2) is 12.2 Å². The van der Waals surface area contributed by atoms with E-state index in [4.69, 9.17) is 10.00 Å². The highest BCUT2D eigenvalue weighted by Crippen LogP contribution is 2.39. The minimum absolute atomic E-state index is 0.0502. The number of ether oxygens (including phenoxy) is 1. The van der Waals surface area contributed by atoms with Crippen LogP contribution in [0.3, 0.4) is 0 Å². The van der Waals surface area contributed by atoms with Crippen LogP contribution in [0.1, 0.15) is 44.6 Å². The predicted octanol–water partition coefficient (Wildman–Crippen LogP) is 3.89. The van der Waals surface area contributed by atoms with E-state index in [0.717, 1.165) is 19.4 Å². The van der Waals surface area contributed by atoms with E-state index in [9.17, 15) is 0 Å². The quantitative estimate of drug-likeness (QED) is 0.807. The Hall–Kier alpha value is -1.33. The summed E-state index contributed by atoms with van der Waals surface area (Å²) in [5, 5.41) is 9.08. The van der Waals surface area contributed by atoms with E-state index in [1.54, 1.807) is 0 Å². The number of rotatable bonds is 3. The summed E-state index contributed by atoms with van der Waals surface area (Å²) in [6.07, 6.45) is 2.70. The van der Waals surface area contributed by atoms with Crippen molar-refractivity contribution in [3.8, 4) is 6.07 Å². The molecule has 1 saturated heterocycles. The Morgan fingerprint density at radius 1 is 1.39 bits per heavy atom. The fourth-order valence-corrected chi connectivity index (χ4v) is 2.98. The van der Waals surface area contributed by atoms with Crippen LogP contribution in [0, 0.1) is 17.2 Å². The van der Waals surface area contributed by atoms with Gasteiger partial charge in [-0.3, -0.25) is 0 Å². The van der Waals surface area contributed by atoms with Gasteiger partial charge >= 0.3 is 0 Å². The van der Waals surface area contributed by atoms with E-state index >= 15 is 0 Å². The zero-order valence-electron chi connectivity index (χ0n) is 11.2. The van der Waals surface area contributed by atoms with Crippen LogP contribution >= 0.6 is 0 Å². The second-order valence-corrected chi connectivity index (χ2v) is 5.74. The van der Waals surface area contributed by atoms with Gasteiger partial charge in [-0.05, 0) is 44.1 Å². The Labute approximate surface area is 110 Å². The van der Waals surface area contributed by atoms with Gasteiger partial charge in [0.2, 0.25) is 0 Å². The lowest BCUT2D eigenvalue weighted by molar-refractivity contribution is -0.0766. The molecular formula is C16H21NO. The SMILES string of the molecule is CC1(C)C[C@H]([C@H](CC#N)c2ccccc2)CCO1. The monoisotopic (exact) mass is 243 g/mol. The first-order chi connectivity index (χ1) is 8.62. The lowest BCUT2D eigenvalue weighted by Crippen LogP contribution is -2.36. The molecule has 1 fully saturated rings. The van der Waals surface area contributed by atoms with Crippen molar-refractivity contribution < 1.29 is 4.74 Å². The molecule has 0 spiro atoms. The third kappa shape index (κ3) is 3.11. The highest BCUT2D eigenvalue weighted by atomic mass is 16.5. The van der Waals surface area contributed by atoms with E-state index in [2.05, 4.69) is 44.2 Å². The third-order valence-corrected chi connectivity index (χ3v) is 3.84. The summed E-state index contributed by atoms with van der Waals surface area (Å²) in [5.41, 5.74) is 1.24. The summed E-state index contributed by atoms with van der Waals surface area (Å²) in [6.45, 7) is 5.10. The minimum atomic E-state index is -0.0502. The molecule has 0 radical (unpaired) electrons. The molecule has 2 atom stereocenters. The van der Waals surface area contributed by atoms with Gasteiger partial charge < -0.3 is 4.74 Å². The summed E-state index contributed by atoms with van der Waals surface area (Å²) >= 11 is 0. The predicted molar refractivity (Wildman–Crippen MR) is 72.2 cm³/mol. The molecule has 0 bridgehead atoms. The molecule has 2 rings (SSSR count). The summed E-state index contributed by atoms with van der Waals surface area (Å²) in [5.74, 6) is 0.898. The zero-order chi connectivity index (χ0) is 13.0. The average molecular weight is 243 g/mol. The third-order valence-electron chi connectivity index (χ3n) is 3.84. The van der Waals surface area contributed by atoms with Gasteiger partial charge in [0.25, 0.3) is 0 Å². The first kappa shape index (κ1) is 13.1. The molecule has 0 saturated carbocycles. The maximum atomic E-state index is 9.08. The molecule has 1 heterocycles. The molecule has 1 aromatic rings. The molecule has 1 aromatic carbocycles. The molecule has 0 aliphatic carbocycles. The van der Waals surface area contributed by atoms with Crippen LogP contribution in [0.5, 0.6) is 0 Å². The van der Waals surface area contributed by atoms with Crippen LogP contribution in [-0.2, 0) is 4.74 Å². The minimum Gasteiger partial charge on any atom is -0.376 e. The number of nitrogens with zero attached hydrogens (tertiary/aromatic N) is 1. The molecule has 0 unspecified atom stereocenters. The number of nitriles is 1. The first-order valence-corrected chi connectivity index (χ1v) is 6.68. The molecule has 2 heteroatoms. The van der Waals surface area contributed by atoms with Crippen LogP contribution < -0.4 is 0 Å². The maximum Gasteiger partial charge on any atom is 0.0629 e. The lowest BCUT2D eigenvalue weighted by atomic mass is 9.75. The van der Waals surface area contributed by atoms with E-state index in [0.29, 0.717) is 18.3 Å². The molecule has 0 N–H and O–H groups in total. The summed E-state index contributed by atoms with van der Waals surface area (Å²) in [4.78, 5) is 0. The Balaban J connectivity index is 2.18. The topological polar surface area (TPSA) is 33.0 Å². The molecule has 1 aliphatic rings. The van der Waals surface area contributed by atoms with E-state index in [1.807, 2.05) is 6.07 Å². The van der Waals surface area contributed by atoms with Crippen molar-refractivity contribution in [2.24, 2.45) is 5.92 Å². The molecule has 2 nitrogen and oxygen atoms in total. The number of hydrogen-bond acceptors (Lipinski definition) is 2. The van der Waals surface area contributed by atoms with Gasteiger partial charge in [0.05, 0.1) is 11.7 Å². The first-order valence-electron chi connectivity index (χ1n) is 6.68. The van der Waals surface area contributed by atoms with Crippen molar-refractivity contribution in [1.82, 2.24) is 0 Å². The number of benzene rings is 1. The standard InChI is InChI=1S/C16H21NO/c1-16(2)12-14(9-11-18-16)15(8-10-17)13-6-4-3-5-7-13/h3-7,14-15H,8-9,11-12H2,1-2H3/t14-,15-/m1/s1. The van der Waals surface area contributed by atoms with Crippen molar-refractivity contribution in [3.05, 3.63) is 35.9 Å². The second-order valence-electron chi connectivity index (χ2n) is 5.74. The van der Waals surface area contributed by atoms with Gasteiger partial charge in [-0.2, -0.15) is 5.26 Å². The van der Waals surface area contributed by atoms with Crippen molar-refractivity contribution in [2.45, 2.75) is 44.6 Å². The van der Waals surface area contributed by atoms with Crippen LogP contribution in [0.25, 0.3) is 0 Å². The van der Waals surface area contributed by atoms with Crippen LogP contribution in [0.15, 0.2) is 30.3 Å². The fourth-order valence-electron chi connectivity index (χ4n) is 2.98. The Morgan fingerprint density at radius 2 is 2.11 bits per heavy atom. The van der Waals surface area contributed by atoms with Gasteiger partial charge in [0, 0.05) is 13.0 Å². The van der Waals surface area contributed by atoms with Crippen molar-refractivity contribution in [1.29, 1.82) is 5.26 Å². The molecule has 96 valence electrons. The van der Waals surface area contributed by atoms with Gasteiger partial charge in [-0.1, -0.05) is 30.3 Å². The molecule has 18 heavy (non-hydrogen) atoms. The molecule has 0 amide bonds. The lowest BCUT2D eigenvalue weighted by Gasteiger charge is -2.39. The highest BCUT2D eigenvalue weighted by Gasteiger charge is 2.33. The normalized spacial score (nSPS) is 24.2. The zero-order valence-corrected chi connectivity index (χ0v) is 11.2. The molecular weight excluding hydrogens is 222 g/mol. The van der Waals surface area contributed by atoms with Gasteiger partial charge in [0.15, 0.2) is 0 Å². The Kier molecular flexibility index (Phi) is 4.04. The summed E-state index contributed by atoms with van der Waals surface area (Å²) < 4.78 is 5.78. The summed E-state index contributed by atoms with van der Waals surface area (Å²) in [7, 11) is 0. The van der Waals surface area contributed by atoms with E-state index in [1.165, 1.54) is 5.56 Å². The molecule has 0 aromatic heterocycles. The van der Waals surface area contributed by atoms with E-state index in [-0.39, 0.29) is 5.60 Å². The smallest absolute Gasteiger partial charge is 0.0629 e. The number of hydrogen-bond donors (Lipinski definition) is 0. The summed E-state index contributed by atoms with van der Waals surface area (Å²) in [6, 6.07) is 12.8. The Morgan fingerprint density at radius 3 is 2.72 bits per heavy atom. The van der Waals surface area contributed by atoms with Crippen molar-refractivity contribution >= 4 is 0 Å². The van der Waals surface area contributed by atoms with Gasteiger partial charge in [-0.15, -0.1) is 0 Å². The second kappa shape index (κ2) is 5.54.